The second-order valence-corrected chi connectivity index (χ2v) is 3.01. The molecule has 0 atom stereocenters. The van der Waals surface area contributed by atoms with E-state index in [2.05, 4.69) is 0 Å². The molecule has 0 saturated heterocycles. The summed E-state index contributed by atoms with van der Waals surface area (Å²) in [7, 11) is 0. The Balaban J connectivity index is 2.37. The van der Waals surface area contributed by atoms with Crippen molar-refractivity contribution in [1.29, 1.82) is 5.26 Å². The zero-order valence-corrected chi connectivity index (χ0v) is 7.81. The van der Waals surface area contributed by atoms with Crippen LogP contribution in [0.5, 0.6) is 0 Å². The summed E-state index contributed by atoms with van der Waals surface area (Å²) < 4.78 is 5.24. The van der Waals surface area contributed by atoms with Gasteiger partial charge in [0.2, 0.25) is 0 Å². The van der Waals surface area contributed by atoms with Crippen LogP contribution in [0, 0.1) is 11.3 Å². The quantitative estimate of drug-likeness (QED) is 0.695. The fourth-order valence-corrected chi connectivity index (χ4v) is 1.28. The van der Waals surface area contributed by atoms with E-state index in [1.807, 2.05) is 6.07 Å². The smallest absolute Gasteiger partial charge is 0.185 e. The molecule has 0 aliphatic heterocycles. The molecule has 72 valence electrons. The highest BCUT2D eigenvalue weighted by Gasteiger charge is 2.03. The van der Waals surface area contributed by atoms with Crippen molar-refractivity contribution in [2.24, 2.45) is 0 Å². The molecule has 0 radical (unpaired) electrons. The largest absolute Gasteiger partial charge is 0.453 e. The third kappa shape index (κ3) is 1.79. The van der Waals surface area contributed by atoms with Crippen LogP contribution in [0.3, 0.4) is 0 Å². The molecular weight excluding hydrogens is 190 g/mol. The number of carbonyl (C=O) groups excluding carboxylic acids is 1. The number of hydrogen-bond acceptors (Lipinski definition) is 3. The third-order valence-corrected chi connectivity index (χ3v) is 2.04. The lowest BCUT2D eigenvalue weighted by Gasteiger charge is -1.95. The number of rotatable bonds is 2. The maximum Gasteiger partial charge on any atom is 0.185 e. The Kier molecular flexibility index (Phi) is 2.34. The minimum absolute atomic E-state index is 0.300. The summed E-state index contributed by atoms with van der Waals surface area (Å²) in [5.41, 5.74) is 1.45. The number of hydrogen-bond donors (Lipinski definition) is 0. The van der Waals surface area contributed by atoms with Crippen molar-refractivity contribution in [3.05, 3.63) is 47.7 Å². The van der Waals surface area contributed by atoms with Gasteiger partial charge in [0.1, 0.15) is 5.76 Å². The van der Waals surface area contributed by atoms with Gasteiger partial charge in [-0.3, -0.25) is 4.79 Å². The summed E-state index contributed by atoms with van der Waals surface area (Å²) in [6.07, 6.45) is 0.660. The summed E-state index contributed by atoms with van der Waals surface area (Å²) in [5.74, 6) is 0.927. The van der Waals surface area contributed by atoms with E-state index in [0.717, 1.165) is 5.56 Å². The second kappa shape index (κ2) is 3.81. The van der Waals surface area contributed by atoms with Crippen LogP contribution in [0.15, 0.2) is 40.8 Å². The fraction of sp³-hybridized carbons (Fsp3) is 0. The molecule has 3 heteroatoms. The number of aldehydes is 1. The van der Waals surface area contributed by atoms with Crippen molar-refractivity contribution in [2.45, 2.75) is 0 Å². The molecule has 0 saturated carbocycles. The Morgan fingerprint density at radius 1 is 1.13 bits per heavy atom. The highest BCUT2D eigenvalue weighted by molar-refractivity contribution is 5.72. The Morgan fingerprint density at radius 3 is 2.40 bits per heavy atom. The van der Waals surface area contributed by atoms with Gasteiger partial charge in [0.05, 0.1) is 11.6 Å². The third-order valence-electron chi connectivity index (χ3n) is 2.04. The monoisotopic (exact) mass is 197 g/mol. The van der Waals surface area contributed by atoms with Crippen molar-refractivity contribution < 1.29 is 9.21 Å². The Labute approximate surface area is 86.6 Å². The van der Waals surface area contributed by atoms with Crippen molar-refractivity contribution in [3.63, 3.8) is 0 Å². The molecule has 0 amide bonds. The van der Waals surface area contributed by atoms with E-state index < -0.39 is 0 Å². The standard InChI is InChI=1S/C12H7NO2/c13-7-9-1-3-10(4-2-9)12-6-5-11(8-14)15-12/h1-6,8H. The highest BCUT2D eigenvalue weighted by atomic mass is 16.3. The Bertz CT molecular complexity index is 517. The van der Waals surface area contributed by atoms with Crippen LogP contribution < -0.4 is 0 Å². The van der Waals surface area contributed by atoms with Gasteiger partial charge in [0.15, 0.2) is 12.0 Å². The van der Waals surface area contributed by atoms with Gasteiger partial charge in [-0.05, 0) is 36.4 Å². The van der Waals surface area contributed by atoms with E-state index in [1.165, 1.54) is 0 Å². The van der Waals surface area contributed by atoms with Crippen LogP contribution in [0.4, 0.5) is 0 Å². The molecule has 0 N–H and O–H groups in total. The lowest BCUT2D eigenvalue weighted by molar-refractivity contribution is 0.110. The predicted molar refractivity (Wildman–Crippen MR) is 54.2 cm³/mol. The molecule has 2 rings (SSSR count). The normalized spacial score (nSPS) is 9.53. The molecule has 0 unspecified atom stereocenters. The SMILES string of the molecule is N#Cc1ccc(-c2ccc(C=O)o2)cc1. The van der Waals surface area contributed by atoms with Gasteiger partial charge in [-0.15, -0.1) is 0 Å². The van der Waals surface area contributed by atoms with Crippen LogP contribution >= 0.6 is 0 Å². The molecule has 1 aromatic heterocycles. The number of nitriles is 1. The van der Waals surface area contributed by atoms with E-state index in [0.29, 0.717) is 23.4 Å². The molecule has 1 heterocycles. The lowest BCUT2D eigenvalue weighted by atomic mass is 10.1. The maximum atomic E-state index is 10.4. The molecule has 0 fully saturated rings. The Hall–Kier alpha value is -2.34. The van der Waals surface area contributed by atoms with Crippen LogP contribution in [0.2, 0.25) is 0 Å². The van der Waals surface area contributed by atoms with E-state index >= 15 is 0 Å². The predicted octanol–water partition coefficient (Wildman–Crippen LogP) is 2.63. The van der Waals surface area contributed by atoms with Gasteiger partial charge >= 0.3 is 0 Å². The van der Waals surface area contributed by atoms with Gasteiger partial charge < -0.3 is 4.42 Å². The molecule has 3 nitrogen and oxygen atoms in total. The minimum atomic E-state index is 0.300. The zero-order chi connectivity index (χ0) is 10.7. The van der Waals surface area contributed by atoms with Crippen molar-refractivity contribution >= 4 is 6.29 Å². The average Bonchev–Trinajstić information content (AvgIpc) is 2.78. The zero-order valence-electron chi connectivity index (χ0n) is 7.81. The summed E-state index contributed by atoms with van der Waals surface area (Å²) >= 11 is 0. The van der Waals surface area contributed by atoms with Gasteiger partial charge in [-0.25, -0.2) is 0 Å². The van der Waals surface area contributed by atoms with Crippen LogP contribution in [-0.4, -0.2) is 6.29 Å². The molecule has 2 aromatic rings. The fourth-order valence-electron chi connectivity index (χ4n) is 1.28. The first-order valence-corrected chi connectivity index (χ1v) is 4.39. The highest BCUT2D eigenvalue weighted by Crippen LogP contribution is 2.21. The van der Waals surface area contributed by atoms with E-state index in [4.69, 9.17) is 9.68 Å². The first-order valence-electron chi connectivity index (χ1n) is 4.39. The van der Waals surface area contributed by atoms with Crippen LogP contribution in [0.25, 0.3) is 11.3 Å². The molecule has 15 heavy (non-hydrogen) atoms. The number of furan rings is 1. The second-order valence-electron chi connectivity index (χ2n) is 3.01. The molecule has 0 bridgehead atoms. The average molecular weight is 197 g/mol. The van der Waals surface area contributed by atoms with Gasteiger partial charge in [0, 0.05) is 5.56 Å². The Morgan fingerprint density at radius 2 is 1.87 bits per heavy atom. The van der Waals surface area contributed by atoms with Gasteiger partial charge in [-0.2, -0.15) is 5.26 Å². The van der Waals surface area contributed by atoms with Gasteiger partial charge in [-0.1, -0.05) is 0 Å². The molecule has 0 spiro atoms. The summed E-state index contributed by atoms with van der Waals surface area (Å²) in [5, 5.41) is 8.62. The lowest BCUT2D eigenvalue weighted by Crippen LogP contribution is -1.76. The van der Waals surface area contributed by atoms with Gasteiger partial charge in [0.25, 0.3) is 0 Å². The maximum absolute atomic E-state index is 10.4. The number of carbonyl (C=O) groups is 1. The van der Waals surface area contributed by atoms with Crippen molar-refractivity contribution in [2.75, 3.05) is 0 Å². The summed E-state index contributed by atoms with van der Waals surface area (Å²) in [4.78, 5) is 10.4. The molecule has 1 aromatic carbocycles. The molecule has 0 aliphatic rings. The topological polar surface area (TPSA) is 54.0 Å². The van der Waals surface area contributed by atoms with Crippen LogP contribution in [0.1, 0.15) is 16.1 Å². The van der Waals surface area contributed by atoms with E-state index in [-0.39, 0.29) is 0 Å². The van der Waals surface area contributed by atoms with Crippen molar-refractivity contribution in [3.8, 4) is 17.4 Å². The molecular formula is C12H7NO2. The summed E-state index contributed by atoms with van der Waals surface area (Å²) in [6.45, 7) is 0. The summed E-state index contributed by atoms with van der Waals surface area (Å²) in [6, 6.07) is 12.4. The first kappa shape index (κ1) is 9.22. The van der Waals surface area contributed by atoms with E-state index in [1.54, 1.807) is 36.4 Å². The van der Waals surface area contributed by atoms with Crippen LogP contribution in [-0.2, 0) is 0 Å². The minimum Gasteiger partial charge on any atom is -0.453 e. The van der Waals surface area contributed by atoms with Crippen molar-refractivity contribution in [1.82, 2.24) is 0 Å². The number of benzene rings is 1. The first-order chi connectivity index (χ1) is 7.33. The number of nitrogens with zero attached hydrogens (tertiary/aromatic N) is 1. The molecule has 0 aliphatic carbocycles. The van der Waals surface area contributed by atoms with E-state index in [9.17, 15) is 4.79 Å².